The van der Waals surface area contributed by atoms with E-state index in [2.05, 4.69) is 0 Å². The third-order valence-electron chi connectivity index (χ3n) is 2.68. The number of rotatable bonds is 7. The van der Waals surface area contributed by atoms with Crippen LogP contribution in [0.1, 0.15) is 6.92 Å². The van der Waals surface area contributed by atoms with E-state index < -0.39 is 25.8 Å². The molecular formula is C12H19NO5S2. The Bertz CT molecular complexity index is 635. The van der Waals surface area contributed by atoms with Gasteiger partial charge in [0.25, 0.3) is 0 Å². The van der Waals surface area contributed by atoms with E-state index in [1.807, 2.05) is 0 Å². The minimum Gasteiger partial charge on any atom is -0.376 e. The average molecular weight is 321 g/mol. The van der Waals surface area contributed by atoms with Gasteiger partial charge in [-0.2, -0.15) is 0 Å². The monoisotopic (exact) mass is 321 g/mol. The molecule has 0 heterocycles. The lowest BCUT2D eigenvalue weighted by molar-refractivity contribution is 0.0846. The fourth-order valence-electron chi connectivity index (χ4n) is 1.66. The Kier molecular flexibility index (Phi) is 5.69. The molecule has 0 aliphatic carbocycles. The van der Waals surface area contributed by atoms with Crippen LogP contribution in [0.2, 0.25) is 0 Å². The molecule has 1 aromatic carbocycles. The zero-order chi connectivity index (χ0) is 15.4. The van der Waals surface area contributed by atoms with E-state index in [9.17, 15) is 16.8 Å². The van der Waals surface area contributed by atoms with E-state index >= 15 is 0 Å². The van der Waals surface area contributed by atoms with E-state index in [1.54, 1.807) is 6.92 Å². The van der Waals surface area contributed by atoms with Crippen LogP contribution in [0.4, 0.5) is 0 Å². The Hall–Kier alpha value is -0.960. The molecular weight excluding hydrogens is 302 g/mol. The predicted molar refractivity (Wildman–Crippen MR) is 76.1 cm³/mol. The minimum absolute atomic E-state index is 0.0584. The van der Waals surface area contributed by atoms with Crippen LogP contribution >= 0.6 is 0 Å². The van der Waals surface area contributed by atoms with Crippen molar-refractivity contribution >= 4 is 19.7 Å². The molecule has 1 aromatic rings. The Morgan fingerprint density at radius 2 is 1.60 bits per heavy atom. The highest BCUT2D eigenvalue weighted by molar-refractivity contribution is 7.91. The number of hydrogen-bond donors (Lipinski definition) is 1. The van der Waals surface area contributed by atoms with Crippen molar-refractivity contribution in [3.8, 4) is 0 Å². The zero-order valence-corrected chi connectivity index (χ0v) is 13.1. The third-order valence-corrected chi connectivity index (χ3v) is 5.61. The number of hydrogen-bond acceptors (Lipinski definition) is 6. The van der Waals surface area contributed by atoms with Crippen LogP contribution in [0.5, 0.6) is 0 Å². The van der Waals surface area contributed by atoms with Crippen LogP contribution in [-0.2, 0) is 24.4 Å². The predicted octanol–water partition coefficient (Wildman–Crippen LogP) is 0.228. The van der Waals surface area contributed by atoms with Gasteiger partial charge >= 0.3 is 0 Å². The first kappa shape index (κ1) is 17.1. The molecule has 0 radical (unpaired) electrons. The molecule has 6 nitrogen and oxygen atoms in total. The van der Waals surface area contributed by atoms with Crippen molar-refractivity contribution in [2.75, 3.05) is 25.2 Å². The van der Waals surface area contributed by atoms with Crippen LogP contribution in [-0.4, -0.2) is 48.1 Å². The van der Waals surface area contributed by atoms with E-state index in [4.69, 9.17) is 10.5 Å². The van der Waals surface area contributed by atoms with Gasteiger partial charge in [-0.05, 0) is 31.2 Å². The summed E-state index contributed by atoms with van der Waals surface area (Å²) in [6, 6.07) is 5.12. The summed E-state index contributed by atoms with van der Waals surface area (Å²) >= 11 is 0. The first-order valence-corrected chi connectivity index (χ1v) is 9.59. The van der Waals surface area contributed by atoms with Gasteiger partial charge in [0, 0.05) is 19.4 Å². The maximum absolute atomic E-state index is 12.2. The van der Waals surface area contributed by atoms with Gasteiger partial charge in [-0.1, -0.05) is 0 Å². The van der Waals surface area contributed by atoms with E-state index in [0.29, 0.717) is 6.61 Å². The van der Waals surface area contributed by atoms with Crippen LogP contribution in [0.15, 0.2) is 34.1 Å². The Morgan fingerprint density at radius 1 is 1.10 bits per heavy atom. The van der Waals surface area contributed by atoms with Crippen molar-refractivity contribution in [1.29, 1.82) is 0 Å². The van der Waals surface area contributed by atoms with Gasteiger partial charge in [0.15, 0.2) is 19.7 Å². The number of ether oxygens (including phenoxy) is 1. The molecule has 1 atom stereocenters. The Morgan fingerprint density at radius 3 is 2.00 bits per heavy atom. The molecule has 0 spiro atoms. The lowest BCUT2D eigenvalue weighted by atomic mass is 10.4. The second kappa shape index (κ2) is 6.66. The average Bonchev–Trinajstić information content (AvgIpc) is 2.37. The van der Waals surface area contributed by atoms with Crippen molar-refractivity contribution in [3.63, 3.8) is 0 Å². The van der Waals surface area contributed by atoms with Gasteiger partial charge < -0.3 is 10.5 Å². The highest BCUT2D eigenvalue weighted by atomic mass is 32.2. The first-order chi connectivity index (χ1) is 9.20. The summed E-state index contributed by atoms with van der Waals surface area (Å²) in [6.45, 7) is 2.25. The van der Waals surface area contributed by atoms with Crippen molar-refractivity contribution in [3.05, 3.63) is 24.3 Å². The summed E-state index contributed by atoms with van der Waals surface area (Å²) in [6.07, 6.45) is 0.496. The molecule has 0 fully saturated rings. The summed E-state index contributed by atoms with van der Waals surface area (Å²) in [5, 5.41) is 0. The fraction of sp³-hybridized carbons (Fsp3) is 0.500. The van der Waals surface area contributed by atoms with E-state index in [0.717, 1.165) is 6.26 Å². The summed E-state index contributed by atoms with van der Waals surface area (Å²) in [7, 11) is -6.90. The quantitative estimate of drug-likeness (QED) is 0.771. The second-order valence-electron chi connectivity index (χ2n) is 4.34. The molecule has 0 amide bonds. The van der Waals surface area contributed by atoms with Crippen LogP contribution in [0.25, 0.3) is 0 Å². The van der Waals surface area contributed by atoms with Gasteiger partial charge in [-0.15, -0.1) is 0 Å². The van der Waals surface area contributed by atoms with Crippen LogP contribution < -0.4 is 5.73 Å². The van der Waals surface area contributed by atoms with Crippen molar-refractivity contribution < 1.29 is 21.6 Å². The normalized spacial score (nSPS) is 14.2. The van der Waals surface area contributed by atoms with E-state index in [1.165, 1.54) is 24.3 Å². The van der Waals surface area contributed by atoms with Gasteiger partial charge in [-0.25, -0.2) is 16.8 Å². The topological polar surface area (TPSA) is 104 Å². The third kappa shape index (κ3) is 4.55. The van der Waals surface area contributed by atoms with Gasteiger partial charge in [0.1, 0.15) is 0 Å². The van der Waals surface area contributed by atoms with Crippen molar-refractivity contribution in [2.24, 2.45) is 5.73 Å². The summed E-state index contributed by atoms with van der Waals surface area (Å²) in [5.74, 6) is -0.227. The largest absolute Gasteiger partial charge is 0.376 e. The molecule has 1 unspecified atom stereocenters. The lowest BCUT2D eigenvalue weighted by Gasteiger charge is -2.15. The molecule has 1 rings (SSSR count). The van der Waals surface area contributed by atoms with Crippen molar-refractivity contribution in [2.45, 2.75) is 22.8 Å². The number of nitrogens with two attached hydrogens (primary N) is 1. The van der Waals surface area contributed by atoms with Crippen LogP contribution in [0, 0.1) is 0 Å². The molecule has 114 valence electrons. The SMILES string of the molecule is CCOC(CN)CS(=O)(=O)c1ccc(S(C)(=O)=O)cc1. The van der Waals surface area contributed by atoms with E-state index in [-0.39, 0.29) is 22.1 Å². The maximum Gasteiger partial charge on any atom is 0.180 e. The summed E-state index contributed by atoms with van der Waals surface area (Å²) in [4.78, 5) is 0.139. The summed E-state index contributed by atoms with van der Waals surface area (Å²) in [5.41, 5.74) is 5.46. The van der Waals surface area contributed by atoms with Gasteiger partial charge in [0.2, 0.25) is 0 Å². The van der Waals surface area contributed by atoms with Gasteiger partial charge in [-0.3, -0.25) is 0 Å². The highest BCUT2D eigenvalue weighted by Gasteiger charge is 2.21. The molecule has 2 N–H and O–H groups in total. The standard InChI is InChI=1S/C12H19NO5S2/c1-3-18-10(8-13)9-20(16,17)12-6-4-11(5-7-12)19(2,14)15/h4-7,10H,3,8-9,13H2,1-2H3. The molecule has 0 saturated carbocycles. The molecule has 0 saturated heterocycles. The second-order valence-corrected chi connectivity index (χ2v) is 8.39. The Balaban J connectivity index is 2.99. The van der Waals surface area contributed by atoms with Crippen LogP contribution in [0.3, 0.4) is 0 Å². The first-order valence-electron chi connectivity index (χ1n) is 6.05. The number of sulfone groups is 2. The molecule has 0 aliphatic rings. The van der Waals surface area contributed by atoms with Crippen molar-refractivity contribution in [1.82, 2.24) is 0 Å². The minimum atomic E-state index is -3.56. The zero-order valence-electron chi connectivity index (χ0n) is 11.4. The summed E-state index contributed by atoms with van der Waals surface area (Å²) < 4.78 is 52.2. The number of benzene rings is 1. The molecule has 8 heteroatoms. The molecule has 20 heavy (non-hydrogen) atoms. The molecule has 0 aromatic heterocycles. The molecule has 0 aliphatic heterocycles. The Labute approximate surface area is 119 Å². The lowest BCUT2D eigenvalue weighted by Crippen LogP contribution is -2.31. The smallest absolute Gasteiger partial charge is 0.180 e. The van der Waals surface area contributed by atoms with Gasteiger partial charge in [0.05, 0.1) is 21.6 Å². The maximum atomic E-state index is 12.2. The fourth-order valence-corrected chi connectivity index (χ4v) is 3.75. The highest BCUT2D eigenvalue weighted by Crippen LogP contribution is 2.16. The molecule has 0 bridgehead atoms.